The smallest absolute Gasteiger partial charge is 0.251 e. The van der Waals surface area contributed by atoms with Crippen LogP contribution in [0.5, 0.6) is 0 Å². The number of ether oxygens (including phenoxy) is 1. The number of amides is 1. The van der Waals surface area contributed by atoms with Gasteiger partial charge in [0, 0.05) is 30.0 Å². The molecule has 1 aliphatic carbocycles. The zero-order valence-electron chi connectivity index (χ0n) is 13.4. The SMILES string of the molecule is COCCN1C(=O)C2=C(CCCC2)[C@H]1SCc1ccc(Cl)cc1. The van der Waals surface area contributed by atoms with E-state index in [1.807, 2.05) is 28.8 Å². The topological polar surface area (TPSA) is 29.5 Å². The number of benzene rings is 1. The summed E-state index contributed by atoms with van der Waals surface area (Å²) in [4.78, 5) is 14.7. The van der Waals surface area contributed by atoms with E-state index in [0.29, 0.717) is 13.2 Å². The maximum atomic E-state index is 12.7. The van der Waals surface area contributed by atoms with Gasteiger partial charge in [-0.3, -0.25) is 4.79 Å². The Labute approximate surface area is 147 Å². The number of hydrogen-bond acceptors (Lipinski definition) is 3. The molecule has 124 valence electrons. The van der Waals surface area contributed by atoms with E-state index in [0.717, 1.165) is 35.6 Å². The zero-order valence-corrected chi connectivity index (χ0v) is 15.0. The maximum Gasteiger partial charge on any atom is 0.251 e. The van der Waals surface area contributed by atoms with Crippen LogP contribution in [0.1, 0.15) is 31.2 Å². The van der Waals surface area contributed by atoms with Crippen molar-refractivity contribution in [2.45, 2.75) is 36.8 Å². The lowest BCUT2D eigenvalue weighted by molar-refractivity contribution is -0.126. The third-order valence-electron chi connectivity index (χ3n) is 4.47. The molecule has 0 bridgehead atoms. The third kappa shape index (κ3) is 3.76. The number of carbonyl (C=O) groups is 1. The minimum absolute atomic E-state index is 0.170. The molecule has 0 saturated carbocycles. The quantitative estimate of drug-likeness (QED) is 0.767. The minimum atomic E-state index is 0.170. The van der Waals surface area contributed by atoms with Crippen molar-refractivity contribution in [1.82, 2.24) is 4.90 Å². The summed E-state index contributed by atoms with van der Waals surface area (Å²) in [5, 5.41) is 0.928. The summed E-state index contributed by atoms with van der Waals surface area (Å²) in [5.41, 5.74) is 3.67. The highest BCUT2D eigenvalue weighted by atomic mass is 35.5. The lowest BCUT2D eigenvalue weighted by atomic mass is 9.94. The van der Waals surface area contributed by atoms with Crippen LogP contribution >= 0.6 is 23.4 Å². The summed E-state index contributed by atoms with van der Waals surface area (Å²) in [5.74, 6) is 1.11. The molecular weight excluding hydrogens is 330 g/mol. The van der Waals surface area contributed by atoms with Crippen LogP contribution in [0.25, 0.3) is 0 Å². The van der Waals surface area contributed by atoms with Gasteiger partial charge in [-0.1, -0.05) is 23.7 Å². The van der Waals surface area contributed by atoms with Crippen LogP contribution in [0.4, 0.5) is 0 Å². The molecule has 0 radical (unpaired) electrons. The van der Waals surface area contributed by atoms with Crippen molar-refractivity contribution in [3.63, 3.8) is 0 Å². The van der Waals surface area contributed by atoms with Gasteiger partial charge >= 0.3 is 0 Å². The van der Waals surface area contributed by atoms with Crippen LogP contribution in [-0.2, 0) is 15.3 Å². The molecule has 1 aromatic rings. The second kappa shape index (κ2) is 7.73. The van der Waals surface area contributed by atoms with E-state index in [4.69, 9.17) is 16.3 Å². The Morgan fingerprint density at radius 1 is 1.26 bits per heavy atom. The van der Waals surface area contributed by atoms with Gasteiger partial charge in [-0.15, -0.1) is 11.8 Å². The number of thioether (sulfide) groups is 1. The van der Waals surface area contributed by atoms with Crippen LogP contribution in [0.2, 0.25) is 5.02 Å². The lowest BCUT2D eigenvalue weighted by Crippen LogP contribution is -2.36. The van der Waals surface area contributed by atoms with Crippen molar-refractivity contribution in [3.8, 4) is 0 Å². The molecule has 1 aromatic carbocycles. The first-order valence-electron chi connectivity index (χ1n) is 8.08. The Morgan fingerprint density at radius 3 is 2.74 bits per heavy atom. The molecule has 3 nitrogen and oxygen atoms in total. The molecule has 0 saturated heterocycles. The van der Waals surface area contributed by atoms with E-state index in [1.54, 1.807) is 7.11 Å². The molecule has 5 heteroatoms. The fraction of sp³-hybridized carbons (Fsp3) is 0.500. The molecule has 23 heavy (non-hydrogen) atoms. The molecule has 1 amide bonds. The first-order valence-corrected chi connectivity index (χ1v) is 9.51. The Kier molecular flexibility index (Phi) is 5.67. The molecule has 0 N–H and O–H groups in total. The van der Waals surface area contributed by atoms with Gasteiger partial charge in [0.05, 0.1) is 6.61 Å². The molecule has 0 aromatic heterocycles. The fourth-order valence-electron chi connectivity index (χ4n) is 3.27. The standard InChI is InChI=1S/C18H22ClNO2S/c1-22-11-10-20-17(21)15-4-2-3-5-16(15)18(20)23-12-13-6-8-14(19)9-7-13/h6-9,18H,2-5,10-12H2,1H3/t18-/m1/s1. The van der Waals surface area contributed by atoms with E-state index in [9.17, 15) is 4.79 Å². The van der Waals surface area contributed by atoms with Crippen molar-refractivity contribution < 1.29 is 9.53 Å². The highest BCUT2D eigenvalue weighted by Gasteiger charge is 2.39. The minimum Gasteiger partial charge on any atom is -0.383 e. The molecule has 1 atom stereocenters. The summed E-state index contributed by atoms with van der Waals surface area (Å²) in [6.45, 7) is 1.25. The largest absolute Gasteiger partial charge is 0.383 e. The van der Waals surface area contributed by atoms with Gasteiger partial charge in [-0.25, -0.2) is 0 Å². The zero-order chi connectivity index (χ0) is 16.2. The monoisotopic (exact) mass is 351 g/mol. The van der Waals surface area contributed by atoms with Crippen molar-refractivity contribution in [2.24, 2.45) is 0 Å². The number of nitrogens with zero attached hydrogens (tertiary/aromatic N) is 1. The summed E-state index contributed by atoms with van der Waals surface area (Å²) in [6.07, 6.45) is 4.33. The lowest BCUT2D eigenvalue weighted by Gasteiger charge is -2.26. The van der Waals surface area contributed by atoms with E-state index < -0.39 is 0 Å². The molecule has 0 spiro atoms. The molecule has 3 rings (SSSR count). The summed E-state index contributed by atoms with van der Waals surface area (Å²) >= 11 is 7.79. The molecule has 0 unspecified atom stereocenters. The molecule has 1 heterocycles. The Bertz CT molecular complexity index is 600. The van der Waals surface area contributed by atoms with E-state index in [-0.39, 0.29) is 11.3 Å². The number of methoxy groups -OCH3 is 1. The van der Waals surface area contributed by atoms with E-state index >= 15 is 0 Å². The summed E-state index contributed by atoms with van der Waals surface area (Å²) < 4.78 is 5.19. The molecule has 2 aliphatic rings. The van der Waals surface area contributed by atoms with Crippen LogP contribution in [-0.4, -0.2) is 36.4 Å². The summed E-state index contributed by atoms with van der Waals surface area (Å²) in [6, 6.07) is 7.96. The van der Waals surface area contributed by atoms with Crippen molar-refractivity contribution in [3.05, 3.63) is 46.0 Å². The first-order chi connectivity index (χ1) is 11.2. The predicted octanol–water partition coefficient (Wildman–Crippen LogP) is 4.26. The number of carbonyl (C=O) groups excluding carboxylic acids is 1. The van der Waals surface area contributed by atoms with Gasteiger partial charge in [-0.2, -0.15) is 0 Å². The fourth-order valence-corrected chi connectivity index (χ4v) is 4.78. The van der Waals surface area contributed by atoms with Crippen molar-refractivity contribution >= 4 is 29.3 Å². The van der Waals surface area contributed by atoms with E-state index in [1.165, 1.54) is 17.6 Å². The highest BCUT2D eigenvalue weighted by molar-refractivity contribution is 7.99. The van der Waals surface area contributed by atoms with Gasteiger partial charge in [-0.05, 0) is 49.0 Å². The van der Waals surface area contributed by atoms with Gasteiger partial charge in [0.2, 0.25) is 0 Å². The van der Waals surface area contributed by atoms with Gasteiger partial charge in [0.15, 0.2) is 0 Å². The van der Waals surface area contributed by atoms with Crippen LogP contribution in [0, 0.1) is 0 Å². The number of rotatable bonds is 6. The normalized spacial score (nSPS) is 21.0. The third-order valence-corrected chi connectivity index (χ3v) is 6.07. The van der Waals surface area contributed by atoms with Crippen LogP contribution < -0.4 is 0 Å². The van der Waals surface area contributed by atoms with Crippen LogP contribution in [0.15, 0.2) is 35.4 Å². The van der Waals surface area contributed by atoms with Crippen molar-refractivity contribution in [2.75, 3.05) is 20.3 Å². The Hall–Kier alpha value is -0.970. The van der Waals surface area contributed by atoms with Gasteiger partial charge in [0.25, 0.3) is 5.91 Å². The van der Waals surface area contributed by atoms with Crippen LogP contribution in [0.3, 0.4) is 0 Å². The molecular formula is C18H22ClNO2S. The number of halogens is 1. The first kappa shape index (κ1) is 16.9. The molecule has 0 fully saturated rings. The number of hydrogen-bond donors (Lipinski definition) is 0. The average molecular weight is 352 g/mol. The predicted molar refractivity (Wildman–Crippen MR) is 95.6 cm³/mol. The second-order valence-corrected chi connectivity index (χ2v) is 7.50. The highest BCUT2D eigenvalue weighted by Crippen LogP contribution is 2.41. The molecule has 1 aliphatic heterocycles. The Morgan fingerprint density at radius 2 is 2.00 bits per heavy atom. The van der Waals surface area contributed by atoms with Gasteiger partial charge < -0.3 is 9.64 Å². The maximum absolute atomic E-state index is 12.7. The summed E-state index contributed by atoms with van der Waals surface area (Å²) in [7, 11) is 1.68. The average Bonchev–Trinajstić information content (AvgIpc) is 2.85. The van der Waals surface area contributed by atoms with Crippen molar-refractivity contribution in [1.29, 1.82) is 0 Å². The Balaban J connectivity index is 1.73. The van der Waals surface area contributed by atoms with Gasteiger partial charge in [0.1, 0.15) is 5.37 Å². The van der Waals surface area contributed by atoms with E-state index in [2.05, 4.69) is 12.1 Å². The second-order valence-electron chi connectivity index (χ2n) is 5.99.